The fraction of sp³-hybridized carbons (Fsp3) is 0.364. The van der Waals surface area contributed by atoms with Gasteiger partial charge in [-0.05, 0) is 60.8 Å². The van der Waals surface area contributed by atoms with E-state index in [2.05, 4.69) is 62.0 Å². The van der Waals surface area contributed by atoms with E-state index in [-0.39, 0.29) is 0 Å². The van der Waals surface area contributed by atoms with Crippen LogP contribution in [-0.2, 0) is 12.8 Å². The van der Waals surface area contributed by atoms with Crippen molar-refractivity contribution in [3.05, 3.63) is 72.3 Å². The third kappa shape index (κ3) is 5.18. The lowest BCUT2D eigenvalue weighted by molar-refractivity contribution is 0.748. The zero-order valence-electron chi connectivity index (χ0n) is 13.9. The molecule has 0 aliphatic rings. The molecule has 0 N–H and O–H groups in total. The minimum Gasteiger partial charge on any atom is -0.103 e. The lowest BCUT2D eigenvalue weighted by Gasteiger charge is -2.06. The molecular weight excluding hydrogens is 264 g/mol. The monoisotopic (exact) mass is 292 g/mol. The van der Waals surface area contributed by atoms with Gasteiger partial charge in [0, 0.05) is 0 Å². The van der Waals surface area contributed by atoms with Gasteiger partial charge in [-0.2, -0.15) is 0 Å². The molecule has 0 nitrogen and oxygen atoms in total. The van der Waals surface area contributed by atoms with Crippen molar-refractivity contribution >= 4 is 0 Å². The van der Waals surface area contributed by atoms with E-state index in [1.54, 1.807) is 0 Å². The standard InChI is InChI=1S/C22H28/c1-3-5-7-8-10-20-13-17-22(18-14-20)21-15-11-19(12-16-21)9-6-4-2/h3,11-18H,1,4-10H2,2H3. The molecule has 22 heavy (non-hydrogen) atoms. The Hall–Kier alpha value is -1.82. The molecule has 116 valence electrons. The van der Waals surface area contributed by atoms with Crippen molar-refractivity contribution in [3.63, 3.8) is 0 Å². The van der Waals surface area contributed by atoms with Crippen LogP contribution in [0.1, 0.15) is 50.2 Å². The Kier molecular flexibility index (Phi) is 6.96. The first-order valence-corrected chi connectivity index (χ1v) is 8.62. The van der Waals surface area contributed by atoms with Gasteiger partial charge in [-0.3, -0.25) is 0 Å². The van der Waals surface area contributed by atoms with Crippen LogP contribution in [0.2, 0.25) is 0 Å². The number of rotatable bonds is 9. The van der Waals surface area contributed by atoms with E-state index in [1.165, 1.54) is 60.8 Å². The first kappa shape index (κ1) is 16.5. The highest BCUT2D eigenvalue weighted by molar-refractivity contribution is 5.63. The van der Waals surface area contributed by atoms with Crippen molar-refractivity contribution in [2.45, 2.75) is 51.9 Å². The normalized spacial score (nSPS) is 10.6. The molecule has 0 radical (unpaired) electrons. The summed E-state index contributed by atoms with van der Waals surface area (Å²) in [5.74, 6) is 0. The molecule has 0 heteroatoms. The van der Waals surface area contributed by atoms with Crippen LogP contribution < -0.4 is 0 Å². The fourth-order valence-corrected chi connectivity index (χ4v) is 2.73. The van der Waals surface area contributed by atoms with Gasteiger partial charge in [0.1, 0.15) is 0 Å². The first-order valence-electron chi connectivity index (χ1n) is 8.62. The van der Waals surface area contributed by atoms with Crippen LogP contribution in [0.3, 0.4) is 0 Å². The van der Waals surface area contributed by atoms with E-state index in [1.807, 2.05) is 6.08 Å². The van der Waals surface area contributed by atoms with Gasteiger partial charge in [0.05, 0.1) is 0 Å². The molecule has 0 bridgehead atoms. The number of benzene rings is 2. The maximum atomic E-state index is 3.77. The first-order chi connectivity index (χ1) is 10.8. The molecule has 0 atom stereocenters. The summed E-state index contributed by atoms with van der Waals surface area (Å²) in [6.07, 6.45) is 10.5. The molecular formula is C22H28. The summed E-state index contributed by atoms with van der Waals surface area (Å²) in [7, 11) is 0. The lowest BCUT2D eigenvalue weighted by Crippen LogP contribution is -1.87. The van der Waals surface area contributed by atoms with Crippen molar-refractivity contribution in [2.24, 2.45) is 0 Å². The number of allylic oxidation sites excluding steroid dienone is 1. The maximum absolute atomic E-state index is 3.77. The maximum Gasteiger partial charge on any atom is -0.0184 e. The van der Waals surface area contributed by atoms with Crippen LogP contribution in [0.5, 0.6) is 0 Å². The zero-order chi connectivity index (χ0) is 15.6. The predicted octanol–water partition coefficient (Wildman–Crippen LogP) is 6.60. The largest absolute Gasteiger partial charge is 0.103 e. The van der Waals surface area contributed by atoms with Crippen molar-refractivity contribution < 1.29 is 0 Å². The van der Waals surface area contributed by atoms with Crippen LogP contribution in [0, 0.1) is 0 Å². The Morgan fingerprint density at radius 3 is 1.68 bits per heavy atom. The fourth-order valence-electron chi connectivity index (χ4n) is 2.73. The lowest BCUT2D eigenvalue weighted by atomic mass is 9.99. The third-order valence-electron chi connectivity index (χ3n) is 4.18. The van der Waals surface area contributed by atoms with Crippen molar-refractivity contribution in [3.8, 4) is 11.1 Å². The molecule has 0 spiro atoms. The second-order valence-corrected chi connectivity index (χ2v) is 6.03. The average Bonchev–Trinajstić information content (AvgIpc) is 2.58. The summed E-state index contributed by atoms with van der Waals surface area (Å²) in [4.78, 5) is 0. The van der Waals surface area contributed by atoms with Crippen LogP contribution in [0.4, 0.5) is 0 Å². The smallest absolute Gasteiger partial charge is 0.0184 e. The van der Waals surface area contributed by atoms with Gasteiger partial charge in [0.25, 0.3) is 0 Å². The minimum atomic E-state index is 1.13. The Bertz CT molecular complexity index is 546. The van der Waals surface area contributed by atoms with Crippen LogP contribution in [-0.4, -0.2) is 0 Å². The van der Waals surface area contributed by atoms with Crippen LogP contribution >= 0.6 is 0 Å². The SMILES string of the molecule is C=CCCCCc1ccc(-c2ccc(CCCC)cc2)cc1. The second-order valence-electron chi connectivity index (χ2n) is 6.03. The molecule has 0 aliphatic carbocycles. The van der Waals surface area contributed by atoms with E-state index >= 15 is 0 Å². The number of hydrogen-bond acceptors (Lipinski definition) is 0. The van der Waals surface area contributed by atoms with Gasteiger partial charge < -0.3 is 0 Å². The molecule has 0 saturated heterocycles. The molecule has 2 aromatic rings. The summed E-state index contributed by atoms with van der Waals surface area (Å²) >= 11 is 0. The van der Waals surface area contributed by atoms with E-state index in [0.29, 0.717) is 0 Å². The third-order valence-corrected chi connectivity index (χ3v) is 4.18. The highest BCUT2D eigenvalue weighted by atomic mass is 14.0. The molecule has 2 rings (SSSR count). The topological polar surface area (TPSA) is 0 Å². The van der Waals surface area contributed by atoms with Crippen LogP contribution in [0.15, 0.2) is 61.2 Å². The van der Waals surface area contributed by atoms with E-state index in [4.69, 9.17) is 0 Å². The van der Waals surface area contributed by atoms with E-state index < -0.39 is 0 Å². The minimum absolute atomic E-state index is 1.13. The Labute approximate surface area is 135 Å². The van der Waals surface area contributed by atoms with Crippen molar-refractivity contribution in [1.29, 1.82) is 0 Å². The molecule has 0 heterocycles. The molecule has 2 aromatic carbocycles. The van der Waals surface area contributed by atoms with Crippen molar-refractivity contribution in [2.75, 3.05) is 0 Å². The Morgan fingerprint density at radius 2 is 1.23 bits per heavy atom. The van der Waals surface area contributed by atoms with Gasteiger partial charge >= 0.3 is 0 Å². The van der Waals surface area contributed by atoms with E-state index in [0.717, 1.165) is 6.42 Å². The Morgan fingerprint density at radius 1 is 0.727 bits per heavy atom. The second kappa shape index (κ2) is 9.25. The molecule has 0 fully saturated rings. The van der Waals surface area contributed by atoms with Gasteiger partial charge in [-0.1, -0.05) is 68.0 Å². The number of aryl methyl sites for hydroxylation is 2. The number of hydrogen-bond donors (Lipinski definition) is 0. The summed E-state index contributed by atoms with van der Waals surface area (Å²) in [5, 5.41) is 0. The van der Waals surface area contributed by atoms with Gasteiger partial charge in [0.2, 0.25) is 0 Å². The van der Waals surface area contributed by atoms with Crippen molar-refractivity contribution in [1.82, 2.24) is 0 Å². The Balaban J connectivity index is 1.93. The summed E-state index contributed by atoms with van der Waals surface area (Å²) in [6, 6.07) is 18.1. The van der Waals surface area contributed by atoms with Gasteiger partial charge in [-0.25, -0.2) is 0 Å². The zero-order valence-corrected chi connectivity index (χ0v) is 13.9. The molecule has 0 saturated carbocycles. The summed E-state index contributed by atoms with van der Waals surface area (Å²) in [6.45, 7) is 6.02. The predicted molar refractivity (Wildman–Crippen MR) is 98.2 cm³/mol. The quantitative estimate of drug-likeness (QED) is 0.361. The average molecular weight is 292 g/mol. The highest BCUT2D eigenvalue weighted by Gasteiger charge is 1.99. The van der Waals surface area contributed by atoms with Crippen LogP contribution in [0.25, 0.3) is 11.1 Å². The number of unbranched alkanes of at least 4 members (excludes halogenated alkanes) is 3. The molecule has 0 amide bonds. The highest BCUT2D eigenvalue weighted by Crippen LogP contribution is 2.21. The van der Waals surface area contributed by atoms with Gasteiger partial charge in [0.15, 0.2) is 0 Å². The summed E-state index contributed by atoms with van der Waals surface area (Å²) < 4.78 is 0. The molecule has 0 aromatic heterocycles. The van der Waals surface area contributed by atoms with E-state index in [9.17, 15) is 0 Å². The molecule has 0 unspecified atom stereocenters. The van der Waals surface area contributed by atoms with Gasteiger partial charge in [-0.15, -0.1) is 6.58 Å². The molecule has 0 aliphatic heterocycles. The summed E-state index contributed by atoms with van der Waals surface area (Å²) in [5.41, 5.74) is 5.52.